The fraction of sp³-hybridized carbons (Fsp3) is 0.421. The van der Waals surface area contributed by atoms with Gasteiger partial charge in [-0.25, -0.2) is 0 Å². The third-order valence-electron chi connectivity index (χ3n) is 4.73. The van der Waals surface area contributed by atoms with Crippen LogP contribution in [0.3, 0.4) is 0 Å². The lowest BCUT2D eigenvalue weighted by molar-refractivity contribution is -0.118. The quantitative estimate of drug-likeness (QED) is 0.835. The molecule has 0 unspecified atom stereocenters. The summed E-state index contributed by atoms with van der Waals surface area (Å²) in [6.45, 7) is 4.16. The number of ketones is 1. The van der Waals surface area contributed by atoms with E-state index in [0.29, 0.717) is 11.4 Å². The van der Waals surface area contributed by atoms with E-state index in [1.54, 1.807) is 7.11 Å². The summed E-state index contributed by atoms with van der Waals surface area (Å²) in [6, 6.07) is 9.82. The molecule has 2 aliphatic rings. The number of nitrogens with one attached hydrogen (secondary N) is 1. The molecular weight excluding hydrogens is 320 g/mol. The highest BCUT2D eigenvalue weighted by Crippen LogP contribution is 2.46. The maximum absolute atomic E-state index is 12.8. The Morgan fingerprint density at radius 1 is 1.29 bits per heavy atom. The Kier molecular flexibility index (Phi) is 4.18. The second-order valence-electron chi connectivity index (χ2n) is 7.18. The van der Waals surface area contributed by atoms with Gasteiger partial charge >= 0.3 is 0 Å². The summed E-state index contributed by atoms with van der Waals surface area (Å²) in [7, 11) is 1.61. The summed E-state index contributed by atoms with van der Waals surface area (Å²) in [5, 5.41) is 12.8. The third kappa shape index (κ3) is 2.83. The summed E-state index contributed by atoms with van der Waals surface area (Å²) in [4.78, 5) is 13.3. The minimum atomic E-state index is -0.530. The van der Waals surface area contributed by atoms with Crippen LogP contribution in [-0.4, -0.2) is 17.9 Å². The Bertz CT molecular complexity index is 772. The van der Waals surface area contributed by atoms with Gasteiger partial charge < -0.3 is 10.1 Å². The number of hydrogen-bond acceptors (Lipinski definition) is 4. The highest BCUT2D eigenvalue weighted by Gasteiger charge is 2.44. The van der Waals surface area contributed by atoms with E-state index in [1.165, 1.54) is 0 Å². The summed E-state index contributed by atoms with van der Waals surface area (Å²) in [5.74, 6) is 0.0111. The van der Waals surface area contributed by atoms with Gasteiger partial charge in [0, 0.05) is 23.6 Å². The maximum Gasteiger partial charge on any atom is 0.161 e. The van der Waals surface area contributed by atoms with Crippen molar-refractivity contribution < 1.29 is 9.53 Å². The number of benzene rings is 1. The van der Waals surface area contributed by atoms with Gasteiger partial charge in [-0.05, 0) is 29.5 Å². The van der Waals surface area contributed by atoms with Gasteiger partial charge in [0.25, 0.3) is 0 Å². The zero-order valence-electron chi connectivity index (χ0n) is 14.1. The Balaban J connectivity index is 2.13. The fourth-order valence-electron chi connectivity index (χ4n) is 3.66. The highest BCUT2D eigenvalue weighted by atomic mass is 32.1. The van der Waals surface area contributed by atoms with Gasteiger partial charge in [0.05, 0.1) is 18.2 Å². The lowest BCUT2D eigenvalue weighted by Crippen LogP contribution is -2.44. The topological polar surface area (TPSA) is 62.1 Å². The third-order valence-corrected chi connectivity index (χ3v) is 5.09. The van der Waals surface area contributed by atoms with Crippen molar-refractivity contribution in [2.45, 2.75) is 32.6 Å². The SMILES string of the molecule is COc1ccc([C@H]2C3=C(CC(C)(C)CC3=O)NC(=S)[C@H]2C#N)cc1. The standard InChI is InChI=1S/C19H20N2O2S/c1-19(2)8-14-17(15(22)9-19)16(13(10-20)18(24)21-14)11-4-6-12(23-3)7-5-11/h4-7,13,16H,8-9H2,1-3H3,(H,21,24)/t13-,16+/m0/s1. The predicted octanol–water partition coefficient (Wildman–Crippen LogP) is 3.49. The lowest BCUT2D eigenvalue weighted by Gasteiger charge is -2.40. The normalized spacial score (nSPS) is 25.6. The Hall–Kier alpha value is -2.19. The van der Waals surface area contributed by atoms with Gasteiger partial charge in [-0.1, -0.05) is 38.2 Å². The second kappa shape index (κ2) is 6.03. The number of allylic oxidation sites excluding steroid dienone is 2. The lowest BCUT2D eigenvalue weighted by atomic mass is 9.67. The number of hydrogen-bond donors (Lipinski definition) is 1. The van der Waals surface area contributed by atoms with E-state index in [9.17, 15) is 10.1 Å². The van der Waals surface area contributed by atoms with Crippen molar-refractivity contribution in [3.8, 4) is 11.8 Å². The molecule has 1 aliphatic carbocycles. The van der Waals surface area contributed by atoms with Crippen molar-refractivity contribution in [2.24, 2.45) is 11.3 Å². The van der Waals surface area contributed by atoms with Crippen molar-refractivity contribution in [1.82, 2.24) is 5.32 Å². The molecule has 0 saturated heterocycles. The number of nitriles is 1. The molecule has 4 nitrogen and oxygen atoms in total. The molecule has 24 heavy (non-hydrogen) atoms. The van der Waals surface area contributed by atoms with E-state index in [2.05, 4.69) is 25.2 Å². The van der Waals surface area contributed by atoms with Crippen LogP contribution in [0.15, 0.2) is 35.5 Å². The van der Waals surface area contributed by atoms with Gasteiger partial charge in [0.15, 0.2) is 5.78 Å². The average molecular weight is 340 g/mol. The zero-order valence-corrected chi connectivity index (χ0v) is 14.9. The summed E-state index contributed by atoms with van der Waals surface area (Å²) >= 11 is 5.43. The van der Waals surface area contributed by atoms with Crippen LogP contribution >= 0.6 is 12.2 Å². The maximum atomic E-state index is 12.8. The first kappa shape index (κ1) is 16.7. The highest BCUT2D eigenvalue weighted by molar-refractivity contribution is 7.80. The molecule has 0 bridgehead atoms. The van der Waals surface area contributed by atoms with Crippen LogP contribution in [0.5, 0.6) is 5.75 Å². The van der Waals surface area contributed by atoms with Crippen LogP contribution in [0.1, 0.15) is 38.2 Å². The zero-order chi connectivity index (χ0) is 17.5. The number of ether oxygens (including phenoxy) is 1. The second-order valence-corrected chi connectivity index (χ2v) is 7.62. The van der Waals surface area contributed by atoms with Gasteiger partial charge in [0.2, 0.25) is 0 Å². The Labute approximate surface area is 147 Å². The summed E-state index contributed by atoms with van der Waals surface area (Å²) in [6.07, 6.45) is 1.25. The molecule has 3 rings (SSSR count). The number of thiocarbonyl (C=S) groups is 1. The molecule has 1 N–H and O–H groups in total. The number of nitrogens with zero attached hydrogens (tertiary/aromatic N) is 1. The van der Waals surface area contributed by atoms with Gasteiger partial charge in [-0.15, -0.1) is 0 Å². The molecule has 0 spiro atoms. The van der Waals surface area contributed by atoms with Crippen molar-refractivity contribution in [1.29, 1.82) is 5.26 Å². The van der Waals surface area contributed by atoms with E-state index >= 15 is 0 Å². The molecule has 124 valence electrons. The van der Waals surface area contributed by atoms with Gasteiger partial charge in [-0.3, -0.25) is 4.79 Å². The first-order chi connectivity index (χ1) is 11.4. The minimum absolute atomic E-state index is 0.0948. The molecular formula is C19H20N2O2S. The van der Waals surface area contributed by atoms with E-state index in [1.807, 2.05) is 24.3 Å². The molecule has 1 heterocycles. The van der Waals surface area contributed by atoms with Crippen LogP contribution in [0.25, 0.3) is 0 Å². The molecule has 0 radical (unpaired) electrons. The fourth-order valence-corrected chi connectivity index (χ4v) is 3.97. The first-order valence-corrected chi connectivity index (χ1v) is 8.38. The molecule has 1 aliphatic heterocycles. The van der Waals surface area contributed by atoms with E-state index in [-0.39, 0.29) is 17.1 Å². The van der Waals surface area contributed by atoms with E-state index in [0.717, 1.165) is 29.0 Å². The minimum Gasteiger partial charge on any atom is -0.497 e. The Morgan fingerprint density at radius 3 is 2.54 bits per heavy atom. The smallest absolute Gasteiger partial charge is 0.161 e. The molecule has 5 heteroatoms. The average Bonchev–Trinajstić information content (AvgIpc) is 2.52. The van der Waals surface area contributed by atoms with Crippen molar-refractivity contribution >= 4 is 23.0 Å². The van der Waals surface area contributed by atoms with Gasteiger partial charge in [0.1, 0.15) is 11.7 Å². The molecule has 0 saturated carbocycles. The van der Waals surface area contributed by atoms with Crippen molar-refractivity contribution in [3.05, 3.63) is 41.1 Å². The molecule has 0 aromatic heterocycles. The van der Waals surface area contributed by atoms with Crippen LogP contribution in [-0.2, 0) is 4.79 Å². The molecule has 0 amide bonds. The van der Waals surface area contributed by atoms with Crippen LogP contribution in [0.4, 0.5) is 0 Å². The summed E-state index contributed by atoms with van der Waals surface area (Å²) < 4.78 is 5.20. The van der Waals surface area contributed by atoms with Crippen LogP contribution in [0.2, 0.25) is 0 Å². The summed E-state index contributed by atoms with van der Waals surface area (Å²) in [5.41, 5.74) is 2.43. The number of carbonyl (C=O) groups is 1. The monoisotopic (exact) mass is 340 g/mol. The Morgan fingerprint density at radius 2 is 1.96 bits per heavy atom. The predicted molar refractivity (Wildman–Crippen MR) is 95.6 cm³/mol. The van der Waals surface area contributed by atoms with E-state index < -0.39 is 5.92 Å². The largest absolute Gasteiger partial charge is 0.497 e. The molecule has 1 aromatic rings. The van der Waals surface area contributed by atoms with E-state index in [4.69, 9.17) is 17.0 Å². The molecule has 2 atom stereocenters. The number of rotatable bonds is 2. The number of Topliss-reactive ketones (excluding diaryl/α,β-unsaturated/α-hetero) is 1. The number of carbonyl (C=O) groups excluding carboxylic acids is 1. The molecule has 0 fully saturated rings. The van der Waals surface area contributed by atoms with Crippen molar-refractivity contribution in [2.75, 3.05) is 7.11 Å². The van der Waals surface area contributed by atoms with Crippen molar-refractivity contribution in [3.63, 3.8) is 0 Å². The first-order valence-electron chi connectivity index (χ1n) is 7.97. The molecule has 1 aromatic carbocycles. The van der Waals surface area contributed by atoms with Crippen LogP contribution < -0.4 is 10.1 Å². The number of methoxy groups -OCH3 is 1. The van der Waals surface area contributed by atoms with Gasteiger partial charge in [-0.2, -0.15) is 5.26 Å². The van der Waals surface area contributed by atoms with Crippen LogP contribution in [0, 0.1) is 22.7 Å².